The minimum absolute atomic E-state index is 0.0285. The van der Waals surface area contributed by atoms with Crippen molar-refractivity contribution in [3.63, 3.8) is 0 Å². The lowest BCUT2D eigenvalue weighted by Gasteiger charge is -2.38. The van der Waals surface area contributed by atoms with Crippen molar-refractivity contribution in [2.24, 2.45) is 12.8 Å². The van der Waals surface area contributed by atoms with E-state index in [0.29, 0.717) is 12.1 Å². The molecule has 0 radical (unpaired) electrons. The Morgan fingerprint density at radius 1 is 1.56 bits per heavy atom. The van der Waals surface area contributed by atoms with Crippen molar-refractivity contribution in [3.8, 4) is 0 Å². The van der Waals surface area contributed by atoms with E-state index in [-0.39, 0.29) is 5.84 Å². The zero-order chi connectivity index (χ0) is 13.5. The smallest absolute Gasteiger partial charge is 0.137 e. The number of aryl methyl sites for hydroxylation is 2. The molecule has 1 aliphatic rings. The number of nitrogens with one attached hydrogen (secondary N) is 1. The SMILES string of the molecule is Cc1nn(C)c(N2CCCC(C)(O)C2)c1C(=N)N. The molecule has 2 rings (SSSR count). The molecule has 1 saturated heterocycles. The maximum absolute atomic E-state index is 10.2. The fraction of sp³-hybridized carbons (Fsp3) is 0.667. The maximum Gasteiger partial charge on any atom is 0.137 e. The number of nitrogen functional groups attached to an aromatic ring is 1. The summed E-state index contributed by atoms with van der Waals surface area (Å²) in [5, 5.41) is 22.2. The van der Waals surface area contributed by atoms with Gasteiger partial charge >= 0.3 is 0 Å². The van der Waals surface area contributed by atoms with Crippen LogP contribution in [0, 0.1) is 12.3 Å². The number of hydrogen-bond acceptors (Lipinski definition) is 4. The molecular weight excluding hydrogens is 230 g/mol. The largest absolute Gasteiger partial charge is 0.388 e. The van der Waals surface area contributed by atoms with Crippen LogP contribution in [0.5, 0.6) is 0 Å². The third kappa shape index (κ3) is 2.20. The second kappa shape index (κ2) is 4.28. The maximum atomic E-state index is 10.2. The number of aliphatic hydroxyl groups is 1. The Labute approximate surface area is 107 Å². The quantitative estimate of drug-likeness (QED) is 0.523. The topological polar surface area (TPSA) is 91.2 Å². The second-order valence-corrected chi connectivity index (χ2v) is 5.34. The third-order valence-corrected chi connectivity index (χ3v) is 3.44. The Kier molecular flexibility index (Phi) is 3.06. The van der Waals surface area contributed by atoms with Gasteiger partial charge in [0.05, 0.1) is 16.9 Å². The van der Waals surface area contributed by atoms with Crippen LogP contribution in [0.2, 0.25) is 0 Å². The highest BCUT2D eigenvalue weighted by Gasteiger charge is 2.32. The molecule has 1 aliphatic heterocycles. The lowest BCUT2D eigenvalue weighted by Crippen LogP contribution is -2.47. The van der Waals surface area contributed by atoms with Gasteiger partial charge in [-0.3, -0.25) is 10.1 Å². The Balaban J connectivity index is 2.41. The van der Waals surface area contributed by atoms with Gasteiger partial charge in [-0.25, -0.2) is 0 Å². The molecule has 1 atom stereocenters. The van der Waals surface area contributed by atoms with Crippen LogP contribution in [0.15, 0.2) is 0 Å². The molecule has 4 N–H and O–H groups in total. The normalized spacial score (nSPS) is 24.3. The molecule has 0 aromatic carbocycles. The second-order valence-electron chi connectivity index (χ2n) is 5.34. The minimum atomic E-state index is -0.690. The van der Waals surface area contributed by atoms with E-state index in [1.807, 2.05) is 20.9 Å². The van der Waals surface area contributed by atoms with Crippen molar-refractivity contribution in [2.75, 3.05) is 18.0 Å². The number of amidine groups is 1. The Morgan fingerprint density at radius 3 is 2.78 bits per heavy atom. The average molecular weight is 251 g/mol. The van der Waals surface area contributed by atoms with Gasteiger partial charge < -0.3 is 15.7 Å². The summed E-state index contributed by atoms with van der Waals surface area (Å²) in [5.74, 6) is 0.862. The molecule has 0 saturated carbocycles. The highest BCUT2D eigenvalue weighted by Crippen LogP contribution is 2.29. The van der Waals surface area contributed by atoms with E-state index in [0.717, 1.165) is 30.9 Å². The van der Waals surface area contributed by atoms with E-state index >= 15 is 0 Å². The molecule has 100 valence electrons. The van der Waals surface area contributed by atoms with Gasteiger partial charge in [0.25, 0.3) is 0 Å². The van der Waals surface area contributed by atoms with Crippen LogP contribution in [0.4, 0.5) is 5.82 Å². The van der Waals surface area contributed by atoms with Gasteiger partial charge in [-0.05, 0) is 26.7 Å². The van der Waals surface area contributed by atoms with Crippen LogP contribution in [0.1, 0.15) is 31.0 Å². The van der Waals surface area contributed by atoms with Gasteiger partial charge in [0.1, 0.15) is 11.7 Å². The first kappa shape index (κ1) is 12.9. The highest BCUT2D eigenvalue weighted by atomic mass is 16.3. The summed E-state index contributed by atoms with van der Waals surface area (Å²) >= 11 is 0. The Hall–Kier alpha value is -1.56. The molecule has 18 heavy (non-hydrogen) atoms. The molecule has 6 heteroatoms. The van der Waals surface area contributed by atoms with E-state index in [4.69, 9.17) is 11.1 Å². The molecule has 0 bridgehead atoms. The van der Waals surface area contributed by atoms with Crippen molar-refractivity contribution in [3.05, 3.63) is 11.3 Å². The zero-order valence-corrected chi connectivity index (χ0v) is 11.2. The Bertz CT molecular complexity index is 477. The predicted molar refractivity (Wildman–Crippen MR) is 71.0 cm³/mol. The number of hydrogen-bond donors (Lipinski definition) is 3. The molecule has 0 aliphatic carbocycles. The average Bonchev–Trinajstić information content (AvgIpc) is 2.51. The summed E-state index contributed by atoms with van der Waals surface area (Å²) in [4.78, 5) is 2.07. The summed E-state index contributed by atoms with van der Waals surface area (Å²) in [6.07, 6.45) is 1.73. The number of aromatic nitrogens is 2. The fourth-order valence-electron chi connectivity index (χ4n) is 2.72. The molecule has 1 aromatic heterocycles. The third-order valence-electron chi connectivity index (χ3n) is 3.44. The van der Waals surface area contributed by atoms with Crippen molar-refractivity contribution >= 4 is 11.7 Å². The van der Waals surface area contributed by atoms with Gasteiger partial charge in [-0.15, -0.1) is 0 Å². The van der Waals surface area contributed by atoms with Crippen LogP contribution < -0.4 is 10.6 Å². The molecule has 1 unspecified atom stereocenters. The van der Waals surface area contributed by atoms with Crippen molar-refractivity contribution in [2.45, 2.75) is 32.3 Å². The van der Waals surface area contributed by atoms with E-state index in [2.05, 4.69) is 10.00 Å². The van der Waals surface area contributed by atoms with Crippen LogP contribution in [0.3, 0.4) is 0 Å². The first-order chi connectivity index (χ1) is 8.32. The zero-order valence-electron chi connectivity index (χ0n) is 11.2. The summed E-state index contributed by atoms with van der Waals surface area (Å²) in [6.45, 7) is 5.10. The number of nitrogens with two attached hydrogens (primary N) is 1. The van der Waals surface area contributed by atoms with E-state index in [9.17, 15) is 5.11 Å². The molecule has 0 spiro atoms. The predicted octanol–water partition coefficient (Wildman–Crippen LogP) is 0.364. The molecule has 0 amide bonds. The number of anilines is 1. The minimum Gasteiger partial charge on any atom is -0.388 e. The van der Waals surface area contributed by atoms with E-state index < -0.39 is 5.60 Å². The van der Waals surface area contributed by atoms with Crippen molar-refractivity contribution in [1.29, 1.82) is 5.41 Å². The van der Waals surface area contributed by atoms with Gasteiger partial charge in [0.15, 0.2) is 0 Å². The lowest BCUT2D eigenvalue weighted by atomic mass is 9.95. The number of piperidine rings is 1. The van der Waals surface area contributed by atoms with Gasteiger partial charge in [-0.2, -0.15) is 5.10 Å². The molecule has 6 nitrogen and oxygen atoms in total. The van der Waals surface area contributed by atoms with Crippen molar-refractivity contribution in [1.82, 2.24) is 9.78 Å². The van der Waals surface area contributed by atoms with Crippen LogP contribution in [-0.4, -0.2) is 39.4 Å². The molecular formula is C12H21N5O. The van der Waals surface area contributed by atoms with E-state index in [1.54, 1.807) is 4.68 Å². The van der Waals surface area contributed by atoms with Crippen LogP contribution >= 0.6 is 0 Å². The summed E-state index contributed by atoms with van der Waals surface area (Å²) in [5.41, 5.74) is 6.38. The van der Waals surface area contributed by atoms with Crippen molar-refractivity contribution < 1.29 is 5.11 Å². The van der Waals surface area contributed by atoms with Gasteiger partial charge in [-0.1, -0.05) is 0 Å². The van der Waals surface area contributed by atoms with E-state index in [1.165, 1.54) is 0 Å². The number of β-amino-alcohol motifs (C(OH)–C–C–N with tert-alkyl or cyclic N) is 1. The molecule has 1 fully saturated rings. The summed E-state index contributed by atoms with van der Waals surface area (Å²) in [6, 6.07) is 0. The first-order valence-corrected chi connectivity index (χ1v) is 6.17. The first-order valence-electron chi connectivity index (χ1n) is 6.17. The van der Waals surface area contributed by atoms with Gasteiger partial charge in [0.2, 0.25) is 0 Å². The Morgan fingerprint density at radius 2 is 2.22 bits per heavy atom. The number of rotatable bonds is 2. The van der Waals surface area contributed by atoms with Crippen LogP contribution in [0.25, 0.3) is 0 Å². The standard InChI is InChI=1S/C12H21N5O/c1-8-9(10(13)14)11(16(3)15-8)17-6-4-5-12(2,18)7-17/h18H,4-7H2,1-3H3,(H3,13,14). The van der Waals surface area contributed by atoms with Gasteiger partial charge in [0, 0.05) is 20.1 Å². The summed E-state index contributed by atoms with van der Waals surface area (Å²) in [7, 11) is 1.85. The molecule has 2 heterocycles. The summed E-state index contributed by atoms with van der Waals surface area (Å²) < 4.78 is 1.74. The highest BCUT2D eigenvalue weighted by molar-refractivity contribution is 6.00. The van der Waals surface area contributed by atoms with Crippen LogP contribution in [-0.2, 0) is 7.05 Å². The number of nitrogens with zero attached hydrogens (tertiary/aromatic N) is 3. The monoisotopic (exact) mass is 251 g/mol. The fourth-order valence-corrected chi connectivity index (χ4v) is 2.72. The lowest BCUT2D eigenvalue weighted by molar-refractivity contribution is 0.0445. The molecule has 1 aromatic rings.